The maximum atomic E-state index is 12.8. The van der Waals surface area contributed by atoms with E-state index in [-0.39, 0.29) is 11.3 Å². The number of hydrogen-bond acceptors (Lipinski definition) is 8. The van der Waals surface area contributed by atoms with Gasteiger partial charge in [0.15, 0.2) is 11.8 Å². The highest BCUT2D eigenvalue weighted by atomic mass is 16.6. The first-order valence-corrected chi connectivity index (χ1v) is 8.79. The van der Waals surface area contributed by atoms with Crippen LogP contribution in [0.5, 0.6) is 0 Å². The lowest BCUT2D eigenvalue weighted by Crippen LogP contribution is -2.57. The summed E-state index contributed by atoms with van der Waals surface area (Å²) in [6.07, 6.45) is 4.32. The lowest BCUT2D eigenvalue weighted by molar-refractivity contribution is -0.181. The zero-order chi connectivity index (χ0) is 21.2. The molecule has 0 saturated carbocycles. The molecule has 2 unspecified atom stereocenters. The molecule has 0 fully saturated rings. The molecule has 1 aromatic carbocycles. The van der Waals surface area contributed by atoms with E-state index in [9.17, 15) is 14.4 Å². The van der Waals surface area contributed by atoms with E-state index < -0.39 is 29.7 Å². The lowest BCUT2D eigenvalue weighted by atomic mass is 9.89. The molecule has 152 valence electrons. The third kappa shape index (κ3) is 3.31. The summed E-state index contributed by atoms with van der Waals surface area (Å²) < 4.78 is 20.7. The molecule has 8 nitrogen and oxygen atoms in total. The Bertz CT molecular complexity index is 932. The largest absolute Gasteiger partial charge is 0.467 e. The second kappa shape index (κ2) is 7.92. The molecular weight excluding hydrogens is 378 g/mol. The Balaban J connectivity index is 2.32. The fourth-order valence-electron chi connectivity index (χ4n) is 3.41. The number of methoxy groups -OCH3 is 3. The van der Waals surface area contributed by atoms with Crippen molar-refractivity contribution in [3.8, 4) is 0 Å². The van der Waals surface area contributed by atoms with Gasteiger partial charge < -0.3 is 23.8 Å². The van der Waals surface area contributed by atoms with Gasteiger partial charge in [0.1, 0.15) is 11.3 Å². The highest BCUT2D eigenvalue weighted by Gasteiger charge is 2.55. The first-order chi connectivity index (χ1) is 13.9. The third-order valence-electron chi connectivity index (χ3n) is 4.77. The van der Waals surface area contributed by atoms with Crippen LogP contribution in [0.2, 0.25) is 0 Å². The lowest BCUT2D eigenvalue weighted by Gasteiger charge is -2.45. The third-order valence-corrected chi connectivity index (χ3v) is 4.77. The molecule has 0 N–H and O–H groups in total. The molecule has 0 amide bonds. The van der Waals surface area contributed by atoms with Crippen LogP contribution in [0.25, 0.3) is 5.70 Å². The summed E-state index contributed by atoms with van der Waals surface area (Å²) in [5.41, 5.74) is -0.963. The van der Waals surface area contributed by atoms with Gasteiger partial charge in [-0.25, -0.2) is 14.4 Å². The number of carbonyl (C=O) groups is 3. The number of carbonyl (C=O) groups excluding carboxylic acids is 3. The summed E-state index contributed by atoms with van der Waals surface area (Å²) in [5.74, 6) is -2.56. The summed E-state index contributed by atoms with van der Waals surface area (Å²) >= 11 is 0. The minimum atomic E-state index is -1.88. The molecular formula is C21H21NO7. The number of rotatable bonds is 4. The van der Waals surface area contributed by atoms with Gasteiger partial charge in [-0.1, -0.05) is 36.4 Å². The zero-order valence-electron chi connectivity index (χ0n) is 16.5. The summed E-state index contributed by atoms with van der Waals surface area (Å²) in [5, 5.41) is 0. The molecule has 2 aliphatic heterocycles. The van der Waals surface area contributed by atoms with Crippen molar-refractivity contribution in [2.45, 2.75) is 18.8 Å². The molecule has 3 rings (SSSR count). The molecule has 2 aliphatic rings. The van der Waals surface area contributed by atoms with Crippen LogP contribution in [0.4, 0.5) is 0 Å². The van der Waals surface area contributed by atoms with Gasteiger partial charge in [-0.3, -0.25) is 0 Å². The van der Waals surface area contributed by atoms with Gasteiger partial charge in [-0.05, 0) is 24.6 Å². The van der Waals surface area contributed by atoms with E-state index in [1.54, 1.807) is 18.2 Å². The fraction of sp³-hybridized carbons (Fsp3) is 0.286. The SMILES string of the molecule is COC(=O)C1=C(C(=O)OC)C(C)(C(=O)OC)OC2C=CC=C(c3ccccc3)N12. The van der Waals surface area contributed by atoms with Crippen molar-refractivity contribution >= 4 is 23.6 Å². The zero-order valence-corrected chi connectivity index (χ0v) is 16.5. The van der Waals surface area contributed by atoms with Crippen LogP contribution in [0.15, 0.2) is 59.8 Å². The van der Waals surface area contributed by atoms with Crippen LogP contribution in [-0.4, -0.2) is 56.0 Å². The highest BCUT2D eigenvalue weighted by Crippen LogP contribution is 2.42. The smallest absolute Gasteiger partial charge is 0.355 e. The maximum absolute atomic E-state index is 12.8. The molecule has 0 bridgehead atoms. The average Bonchev–Trinajstić information content (AvgIpc) is 2.76. The van der Waals surface area contributed by atoms with Crippen molar-refractivity contribution in [1.82, 2.24) is 4.90 Å². The maximum Gasteiger partial charge on any atom is 0.355 e. The average molecular weight is 399 g/mol. The molecule has 0 aromatic heterocycles. The van der Waals surface area contributed by atoms with Gasteiger partial charge in [-0.15, -0.1) is 0 Å². The van der Waals surface area contributed by atoms with Crippen molar-refractivity contribution in [3.05, 3.63) is 65.4 Å². The van der Waals surface area contributed by atoms with Crippen molar-refractivity contribution in [2.24, 2.45) is 0 Å². The van der Waals surface area contributed by atoms with Crippen molar-refractivity contribution in [1.29, 1.82) is 0 Å². The van der Waals surface area contributed by atoms with E-state index in [0.29, 0.717) is 5.70 Å². The first kappa shape index (κ1) is 20.3. The van der Waals surface area contributed by atoms with Crippen LogP contribution >= 0.6 is 0 Å². The number of nitrogens with zero attached hydrogens (tertiary/aromatic N) is 1. The second-order valence-corrected chi connectivity index (χ2v) is 6.41. The van der Waals surface area contributed by atoms with Crippen molar-refractivity contribution < 1.29 is 33.3 Å². The Hall–Kier alpha value is -3.39. The number of fused-ring (bicyclic) bond motifs is 1. The predicted molar refractivity (Wildman–Crippen MR) is 102 cm³/mol. The molecule has 0 saturated heterocycles. The van der Waals surface area contributed by atoms with E-state index >= 15 is 0 Å². The number of benzene rings is 1. The van der Waals surface area contributed by atoms with Crippen LogP contribution in [0, 0.1) is 0 Å². The Morgan fingerprint density at radius 3 is 2.24 bits per heavy atom. The molecule has 0 spiro atoms. The minimum absolute atomic E-state index is 0.150. The quantitative estimate of drug-likeness (QED) is 0.559. The normalized spacial score (nSPS) is 23.1. The molecule has 0 aliphatic carbocycles. The van der Waals surface area contributed by atoms with Gasteiger partial charge in [0.2, 0.25) is 0 Å². The summed E-state index contributed by atoms with van der Waals surface area (Å²) in [6, 6.07) is 9.25. The standard InChI is InChI=1S/C21H21NO7/c1-21(20(25)28-4)16(18(23)26-2)17(19(24)27-3)22-14(11-8-12-15(22)29-21)13-9-6-5-7-10-13/h5-12,15H,1-4H3. The number of hydrogen-bond donors (Lipinski definition) is 0. The fourth-order valence-corrected chi connectivity index (χ4v) is 3.41. The van der Waals surface area contributed by atoms with Gasteiger partial charge in [-0.2, -0.15) is 0 Å². The van der Waals surface area contributed by atoms with Crippen LogP contribution in [-0.2, 0) is 33.3 Å². The Morgan fingerprint density at radius 1 is 1.00 bits per heavy atom. The topological polar surface area (TPSA) is 91.4 Å². The first-order valence-electron chi connectivity index (χ1n) is 8.79. The number of esters is 3. The molecule has 2 atom stereocenters. The Labute approximate surface area is 168 Å². The molecule has 29 heavy (non-hydrogen) atoms. The van der Waals surface area contributed by atoms with E-state index in [2.05, 4.69) is 0 Å². The molecule has 2 heterocycles. The molecule has 0 radical (unpaired) electrons. The van der Waals surface area contributed by atoms with Crippen molar-refractivity contribution in [2.75, 3.05) is 21.3 Å². The minimum Gasteiger partial charge on any atom is -0.467 e. The van der Waals surface area contributed by atoms with Gasteiger partial charge in [0.25, 0.3) is 0 Å². The van der Waals surface area contributed by atoms with Crippen LogP contribution in [0.1, 0.15) is 12.5 Å². The summed E-state index contributed by atoms with van der Waals surface area (Å²) in [7, 11) is 3.51. The molecule has 1 aromatic rings. The second-order valence-electron chi connectivity index (χ2n) is 6.41. The van der Waals surface area contributed by atoms with Crippen LogP contribution in [0.3, 0.4) is 0 Å². The van der Waals surface area contributed by atoms with Gasteiger partial charge >= 0.3 is 17.9 Å². The predicted octanol–water partition coefficient (Wildman–Crippen LogP) is 1.79. The van der Waals surface area contributed by atoms with E-state index in [1.807, 2.05) is 30.3 Å². The number of ether oxygens (including phenoxy) is 4. The van der Waals surface area contributed by atoms with Crippen molar-refractivity contribution in [3.63, 3.8) is 0 Å². The van der Waals surface area contributed by atoms with Gasteiger partial charge in [0, 0.05) is 0 Å². The van der Waals surface area contributed by atoms with E-state index in [4.69, 9.17) is 18.9 Å². The van der Waals surface area contributed by atoms with Gasteiger partial charge in [0.05, 0.1) is 27.0 Å². The van der Waals surface area contributed by atoms with E-state index in [1.165, 1.54) is 26.0 Å². The van der Waals surface area contributed by atoms with E-state index in [0.717, 1.165) is 12.7 Å². The highest BCUT2D eigenvalue weighted by molar-refractivity contribution is 6.08. The van der Waals surface area contributed by atoms with Crippen LogP contribution < -0.4 is 0 Å². The summed E-state index contributed by atoms with van der Waals surface area (Å²) in [4.78, 5) is 39.7. The summed E-state index contributed by atoms with van der Waals surface area (Å²) in [6.45, 7) is 1.36. The molecule has 8 heteroatoms. The Kier molecular flexibility index (Phi) is 5.56. The number of allylic oxidation sites excluding steroid dienone is 2. The Morgan fingerprint density at radius 2 is 1.66 bits per heavy atom. The monoisotopic (exact) mass is 399 g/mol.